The first-order valence-corrected chi connectivity index (χ1v) is 22.7. The summed E-state index contributed by atoms with van der Waals surface area (Å²) < 4.78 is 4.77. The molecule has 0 bridgehead atoms. The minimum Gasteiger partial charge on any atom is -0.309 e. The maximum absolute atomic E-state index is 5.40. The van der Waals surface area contributed by atoms with Crippen molar-refractivity contribution in [1.29, 1.82) is 0 Å². The van der Waals surface area contributed by atoms with Crippen LogP contribution in [0.3, 0.4) is 0 Å². The summed E-state index contributed by atoms with van der Waals surface area (Å²) >= 11 is 0. The Bertz CT molecular complexity index is 3690. The first-order chi connectivity index (χ1) is 32.6. The Hall–Kier alpha value is -8.53. The van der Waals surface area contributed by atoms with Gasteiger partial charge in [-0.05, 0) is 130 Å². The summed E-state index contributed by atoms with van der Waals surface area (Å²) in [6.07, 6.45) is 6.78. The molecule has 0 saturated carbocycles. The van der Waals surface area contributed by atoms with Crippen molar-refractivity contribution in [2.45, 2.75) is 13.5 Å². The summed E-state index contributed by atoms with van der Waals surface area (Å²) in [7, 11) is 0. The molecule has 1 aliphatic rings. The summed E-state index contributed by atoms with van der Waals surface area (Å²) in [6, 6.07) is 81.0. The standard InChI is InChI=1S/C63H45N3/c1-43(46-20-14-22-48(38-46)45-18-3-2-4-19-45)58-41-51(50-24-16-26-53(40-50)66-62-33-11-7-29-56(62)57-30-8-12-34-63(57)66)35-36-59(58)64-42-44-17-13-21-47(37-44)49-23-15-25-52(39-49)65-60-31-9-5-27-54(60)55-28-6-10-32-61(55)65/h2-41H,42H2,1H3/b58-43+,64-59?. The number of rotatable bonds is 8. The predicted molar refractivity (Wildman–Crippen MR) is 280 cm³/mol. The molecule has 11 aromatic rings. The summed E-state index contributed by atoms with van der Waals surface area (Å²) in [6.45, 7) is 2.79. The van der Waals surface area contributed by atoms with Crippen LogP contribution in [0.15, 0.2) is 253 Å². The highest BCUT2D eigenvalue weighted by atomic mass is 15.0. The normalized spacial score (nSPS) is 14.1. The predicted octanol–water partition coefficient (Wildman–Crippen LogP) is 16.3. The molecule has 9 aromatic carbocycles. The van der Waals surface area contributed by atoms with Crippen molar-refractivity contribution in [2.24, 2.45) is 4.99 Å². The lowest BCUT2D eigenvalue weighted by Gasteiger charge is -2.18. The van der Waals surface area contributed by atoms with Crippen LogP contribution in [-0.2, 0) is 6.54 Å². The van der Waals surface area contributed by atoms with E-state index < -0.39 is 0 Å². The van der Waals surface area contributed by atoms with E-state index in [1.54, 1.807) is 0 Å². The second kappa shape index (κ2) is 16.5. The Morgan fingerprint density at radius 1 is 0.394 bits per heavy atom. The Balaban J connectivity index is 0.916. The van der Waals surface area contributed by atoms with E-state index in [0.29, 0.717) is 6.54 Å². The first kappa shape index (κ1) is 39.1. The van der Waals surface area contributed by atoms with Crippen LogP contribution in [0, 0.1) is 0 Å². The first-order valence-electron chi connectivity index (χ1n) is 22.7. The number of benzene rings is 9. The van der Waals surface area contributed by atoms with E-state index in [1.165, 1.54) is 77.0 Å². The minimum atomic E-state index is 0.549. The maximum atomic E-state index is 5.40. The fraction of sp³-hybridized carbons (Fsp3) is 0.0317. The van der Waals surface area contributed by atoms with E-state index in [2.05, 4.69) is 259 Å². The van der Waals surface area contributed by atoms with Gasteiger partial charge in [-0.2, -0.15) is 0 Å². The average molecular weight is 844 g/mol. The molecule has 0 spiro atoms. The highest BCUT2D eigenvalue weighted by Crippen LogP contribution is 2.37. The molecule has 312 valence electrons. The number of nitrogens with zero attached hydrogens (tertiary/aromatic N) is 3. The van der Waals surface area contributed by atoms with Crippen molar-refractivity contribution in [1.82, 2.24) is 9.13 Å². The SMILES string of the molecule is C/C(=C1/C=C(c2cccc(-n3c4ccccc4c4ccccc43)c2)C=CC1=NCc1cccc(-c2cccc(-n3c4ccccc4c4ccccc43)c2)c1)c1cccc(-c2ccccc2)c1. The van der Waals surface area contributed by atoms with Gasteiger partial charge in [0.15, 0.2) is 0 Å². The fourth-order valence-corrected chi connectivity index (χ4v) is 9.95. The zero-order valence-electron chi connectivity index (χ0n) is 36.6. The lowest BCUT2D eigenvalue weighted by Crippen LogP contribution is -2.06. The summed E-state index contributed by atoms with van der Waals surface area (Å²) in [5.74, 6) is 0. The molecule has 0 amide bonds. The fourth-order valence-electron chi connectivity index (χ4n) is 9.95. The van der Waals surface area contributed by atoms with E-state index in [9.17, 15) is 0 Å². The number of para-hydroxylation sites is 4. The molecule has 0 saturated heterocycles. The van der Waals surface area contributed by atoms with Crippen molar-refractivity contribution in [2.75, 3.05) is 0 Å². The van der Waals surface area contributed by atoms with Gasteiger partial charge in [-0.3, -0.25) is 4.99 Å². The van der Waals surface area contributed by atoms with Gasteiger partial charge in [0.05, 0.1) is 34.3 Å². The van der Waals surface area contributed by atoms with Gasteiger partial charge in [0.1, 0.15) is 0 Å². The zero-order valence-corrected chi connectivity index (χ0v) is 36.6. The van der Waals surface area contributed by atoms with Crippen LogP contribution in [0.2, 0.25) is 0 Å². The van der Waals surface area contributed by atoms with Crippen LogP contribution < -0.4 is 0 Å². The molecule has 0 aliphatic heterocycles. The van der Waals surface area contributed by atoms with Crippen molar-refractivity contribution in [3.63, 3.8) is 0 Å². The number of aromatic nitrogens is 2. The maximum Gasteiger partial charge on any atom is 0.0654 e. The van der Waals surface area contributed by atoms with Crippen LogP contribution in [-0.4, -0.2) is 14.8 Å². The third-order valence-corrected chi connectivity index (χ3v) is 13.2. The molecule has 66 heavy (non-hydrogen) atoms. The van der Waals surface area contributed by atoms with Crippen LogP contribution in [0.25, 0.3) is 88.4 Å². The topological polar surface area (TPSA) is 22.2 Å². The monoisotopic (exact) mass is 843 g/mol. The van der Waals surface area contributed by atoms with Crippen LogP contribution >= 0.6 is 0 Å². The van der Waals surface area contributed by atoms with E-state index in [0.717, 1.165) is 39.4 Å². The molecule has 2 aromatic heterocycles. The third kappa shape index (κ3) is 6.99. The number of hydrogen-bond acceptors (Lipinski definition) is 1. The molecule has 1 aliphatic carbocycles. The van der Waals surface area contributed by atoms with E-state index in [-0.39, 0.29) is 0 Å². The number of aliphatic imine (C=N–C) groups is 1. The number of allylic oxidation sites excluding steroid dienone is 6. The molecular formula is C63H45N3. The van der Waals surface area contributed by atoms with Crippen molar-refractivity contribution in [3.8, 4) is 33.6 Å². The van der Waals surface area contributed by atoms with Gasteiger partial charge in [0.25, 0.3) is 0 Å². The molecule has 0 N–H and O–H groups in total. The van der Waals surface area contributed by atoms with E-state index in [1.807, 2.05) is 0 Å². The lowest BCUT2D eigenvalue weighted by molar-refractivity contribution is 1.07. The summed E-state index contributed by atoms with van der Waals surface area (Å²) in [5.41, 5.74) is 19.8. The van der Waals surface area contributed by atoms with Gasteiger partial charge in [0.2, 0.25) is 0 Å². The molecule has 2 heterocycles. The van der Waals surface area contributed by atoms with Gasteiger partial charge < -0.3 is 9.13 Å². The highest BCUT2D eigenvalue weighted by Gasteiger charge is 2.18. The quantitative estimate of drug-likeness (QED) is 0.145. The van der Waals surface area contributed by atoms with Gasteiger partial charge in [0, 0.05) is 38.5 Å². The van der Waals surface area contributed by atoms with Crippen molar-refractivity contribution >= 4 is 60.5 Å². The van der Waals surface area contributed by atoms with Gasteiger partial charge >= 0.3 is 0 Å². The summed E-state index contributed by atoms with van der Waals surface area (Å²) in [5, 5.41) is 5.04. The smallest absolute Gasteiger partial charge is 0.0654 e. The largest absolute Gasteiger partial charge is 0.309 e. The Morgan fingerprint density at radius 3 is 1.44 bits per heavy atom. The Labute approximate surface area is 384 Å². The average Bonchev–Trinajstić information content (AvgIpc) is 3.91. The van der Waals surface area contributed by atoms with E-state index in [4.69, 9.17) is 4.99 Å². The molecule has 0 atom stereocenters. The van der Waals surface area contributed by atoms with Crippen LogP contribution in [0.5, 0.6) is 0 Å². The minimum absolute atomic E-state index is 0.549. The van der Waals surface area contributed by atoms with Crippen LogP contribution in [0.1, 0.15) is 23.6 Å². The highest BCUT2D eigenvalue weighted by molar-refractivity contribution is 6.19. The molecule has 3 heteroatoms. The van der Waals surface area contributed by atoms with Crippen LogP contribution in [0.4, 0.5) is 0 Å². The lowest BCUT2D eigenvalue weighted by atomic mass is 9.89. The Morgan fingerprint density at radius 2 is 0.848 bits per heavy atom. The van der Waals surface area contributed by atoms with Gasteiger partial charge in [-0.1, -0.05) is 170 Å². The second-order valence-corrected chi connectivity index (χ2v) is 17.2. The molecule has 3 nitrogen and oxygen atoms in total. The molecular weight excluding hydrogens is 799 g/mol. The zero-order chi connectivity index (χ0) is 44.0. The Kier molecular flexibility index (Phi) is 9.80. The van der Waals surface area contributed by atoms with E-state index >= 15 is 0 Å². The molecule has 12 rings (SSSR count). The van der Waals surface area contributed by atoms with Crippen molar-refractivity contribution < 1.29 is 0 Å². The third-order valence-electron chi connectivity index (χ3n) is 13.2. The van der Waals surface area contributed by atoms with Crippen molar-refractivity contribution in [3.05, 3.63) is 265 Å². The number of hydrogen-bond donors (Lipinski definition) is 0. The summed E-state index contributed by atoms with van der Waals surface area (Å²) in [4.78, 5) is 5.40. The molecule has 0 fully saturated rings. The molecule has 0 radical (unpaired) electrons. The van der Waals surface area contributed by atoms with Gasteiger partial charge in [-0.25, -0.2) is 0 Å². The second-order valence-electron chi connectivity index (χ2n) is 17.2. The molecule has 0 unspecified atom stereocenters. The number of fused-ring (bicyclic) bond motifs is 6. The van der Waals surface area contributed by atoms with Gasteiger partial charge in [-0.15, -0.1) is 0 Å².